The van der Waals surface area contributed by atoms with E-state index in [0.29, 0.717) is 0 Å². The van der Waals surface area contributed by atoms with E-state index in [1.54, 1.807) is 0 Å². The van der Waals surface area contributed by atoms with Gasteiger partial charge in [-0.2, -0.15) is 0 Å². The van der Waals surface area contributed by atoms with Gasteiger partial charge in [-0.25, -0.2) is 0 Å². The van der Waals surface area contributed by atoms with E-state index in [0.717, 1.165) is 15.9 Å². The van der Waals surface area contributed by atoms with Gasteiger partial charge in [-0.3, -0.25) is 0 Å². The van der Waals surface area contributed by atoms with Crippen molar-refractivity contribution in [3.8, 4) is 0 Å². The lowest BCUT2D eigenvalue weighted by molar-refractivity contribution is 1.14. The van der Waals surface area contributed by atoms with E-state index >= 15 is 0 Å². The summed E-state index contributed by atoms with van der Waals surface area (Å²) < 4.78 is 0.980. The third-order valence-electron chi connectivity index (χ3n) is 1.39. The molecule has 0 radical (unpaired) electrons. The fourth-order valence-electron chi connectivity index (χ4n) is 0.760. The lowest BCUT2D eigenvalue weighted by Gasteiger charge is -1.98. The van der Waals surface area contributed by atoms with Crippen LogP contribution in [0, 0.1) is 0 Å². The first-order chi connectivity index (χ1) is 4.74. The minimum atomic E-state index is 0.775. The fraction of sp³-hybridized carbons (Fsp3) is 0.250. The molecule has 54 valence electrons. The number of rotatable bonds is 1. The van der Waals surface area contributed by atoms with E-state index in [1.807, 2.05) is 18.2 Å². The van der Waals surface area contributed by atoms with Gasteiger partial charge in [-0.1, -0.05) is 24.6 Å². The SMILES string of the molecule is CCc1ccc(Cl)c(Br)c1. The number of benzene rings is 1. The molecule has 0 aliphatic carbocycles. The molecule has 0 atom stereocenters. The van der Waals surface area contributed by atoms with Crippen LogP contribution >= 0.6 is 27.5 Å². The minimum absolute atomic E-state index is 0.775. The van der Waals surface area contributed by atoms with E-state index in [4.69, 9.17) is 11.6 Å². The average Bonchev–Trinajstić information content (AvgIpc) is 1.95. The van der Waals surface area contributed by atoms with E-state index in [9.17, 15) is 0 Å². The first-order valence-corrected chi connectivity index (χ1v) is 4.35. The summed E-state index contributed by atoms with van der Waals surface area (Å²) in [6, 6.07) is 5.99. The summed E-state index contributed by atoms with van der Waals surface area (Å²) in [4.78, 5) is 0. The Kier molecular flexibility index (Phi) is 2.75. The van der Waals surface area contributed by atoms with Gasteiger partial charge in [0.15, 0.2) is 0 Å². The maximum Gasteiger partial charge on any atom is 0.0548 e. The van der Waals surface area contributed by atoms with Crippen molar-refractivity contribution in [2.24, 2.45) is 0 Å². The molecule has 0 nitrogen and oxygen atoms in total. The minimum Gasteiger partial charge on any atom is -0.0831 e. The Labute approximate surface area is 74.3 Å². The highest BCUT2D eigenvalue weighted by Gasteiger charge is 1.95. The zero-order chi connectivity index (χ0) is 7.56. The van der Waals surface area contributed by atoms with Gasteiger partial charge in [0.05, 0.1) is 5.02 Å². The van der Waals surface area contributed by atoms with Crippen LogP contribution in [0.5, 0.6) is 0 Å². The molecule has 0 heterocycles. The van der Waals surface area contributed by atoms with Gasteiger partial charge in [0.2, 0.25) is 0 Å². The standard InChI is InChI=1S/C8H8BrCl/c1-2-6-3-4-8(10)7(9)5-6/h3-5H,2H2,1H3. The summed E-state index contributed by atoms with van der Waals surface area (Å²) in [7, 11) is 0. The summed E-state index contributed by atoms with van der Waals surface area (Å²) in [5.41, 5.74) is 1.30. The number of hydrogen-bond donors (Lipinski definition) is 0. The van der Waals surface area contributed by atoms with Gasteiger partial charge in [0.1, 0.15) is 0 Å². The Bertz CT molecular complexity index is 233. The van der Waals surface area contributed by atoms with E-state index in [1.165, 1.54) is 5.56 Å². The molecule has 10 heavy (non-hydrogen) atoms. The topological polar surface area (TPSA) is 0 Å². The molecule has 0 spiro atoms. The predicted molar refractivity (Wildman–Crippen MR) is 48.5 cm³/mol. The lowest BCUT2D eigenvalue weighted by atomic mass is 10.2. The largest absolute Gasteiger partial charge is 0.0831 e. The van der Waals surface area contributed by atoms with Crippen LogP contribution < -0.4 is 0 Å². The van der Waals surface area contributed by atoms with Crippen molar-refractivity contribution in [2.45, 2.75) is 13.3 Å². The monoisotopic (exact) mass is 218 g/mol. The second kappa shape index (κ2) is 3.40. The number of hydrogen-bond acceptors (Lipinski definition) is 0. The lowest BCUT2D eigenvalue weighted by Crippen LogP contribution is -1.78. The first kappa shape index (κ1) is 8.09. The van der Waals surface area contributed by atoms with Crippen molar-refractivity contribution < 1.29 is 0 Å². The normalized spacial score (nSPS) is 9.90. The maximum absolute atomic E-state index is 5.79. The van der Waals surface area contributed by atoms with Crippen molar-refractivity contribution in [1.82, 2.24) is 0 Å². The van der Waals surface area contributed by atoms with Crippen molar-refractivity contribution in [1.29, 1.82) is 0 Å². The van der Waals surface area contributed by atoms with Gasteiger partial charge in [-0.05, 0) is 40.0 Å². The number of aryl methyl sites for hydroxylation is 1. The Morgan fingerprint density at radius 2 is 2.20 bits per heavy atom. The van der Waals surface area contributed by atoms with Gasteiger partial charge in [-0.15, -0.1) is 0 Å². The maximum atomic E-state index is 5.79. The zero-order valence-electron chi connectivity index (χ0n) is 5.70. The molecule has 0 unspecified atom stereocenters. The van der Waals surface area contributed by atoms with E-state index < -0.39 is 0 Å². The van der Waals surface area contributed by atoms with Crippen LogP contribution in [0.1, 0.15) is 12.5 Å². The first-order valence-electron chi connectivity index (χ1n) is 3.18. The van der Waals surface area contributed by atoms with Crippen molar-refractivity contribution >= 4 is 27.5 Å². The van der Waals surface area contributed by atoms with Gasteiger partial charge in [0.25, 0.3) is 0 Å². The average molecular weight is 220 g/mol. The third-order valence-corrected chi connectivity index (χ3v) is 2.61. The molecular weight excluding hydrogens is 211 g/mol. The van der Waals surface area contributed by atoms with Crippen LogP contribution in [-0.2, 0) is 6.42 Å². The molecule has 0 saturated heterocycles. The Hall–Kier alpha value is -0.0100. The highest BCUT2D eigenvalue weighted by atomic mass is 79.9. The second-order valence-electron chi connectivity index (χ2n) is 2.10. The Balaban J connectivity index is 3.04. The van der Waals surface area contributed by atoms with Crippen molar-refractivity contribution in [3.05, 3.63) is 33.3 Å². The fourth-order valence-corrected chi connectivity index (χ4v) is 1.30. The summed E-state index contributed by atoms with van der Waals surface area (Å²) in [6.45, 7) is 2.12. The summed E-state index contributed by atoms with van der Waals surface area (Å²) in [5, 5.41) is 0.775. The molecule has 1 rings (SSSR count). The predicted octanol–water partition coefficient (Wildman–Crippen LogP) is 3.66. The molecule has 0 amide bonds. The molecule has 0 bridgehead atoms. The van der Waals surface area contributed by atoms with Crippen LogP contribution in [0.25, 0.3) is 0 Å². The zero-order valence-corrected chi connectivity index (χ0v) is 8.04. The van der Waals surface area contributed by atoms with Crippen LogP contribution in [0.3, 0.4) is 0 Å². The molecular formula is C8H8BrCl. The molecule has 0 N–H and O–H groups in total. The van der Waals surface area contributed by atoms with Crippen molar-refractivity contribution in [3.63, 3.8) is 0 Å². The van der Waals surface area contributed by atoms with E-state index in [-0.39, 0.29) is 0 Å². The molecule has 0 aliphatic heterocycles. The van der Waals surface area contributed by atoms with Gasteiger partial charge >= 0.3 is 0 Å². The Morgan fingerprint density at radius 3 is 2.70 bits per heavy atom. The number of halogens is 2. The van der Waals surface area contributed by atoms with E-state index in [2.05, 4.69) is 22.9 Å². The summed E-state index contributed by atoms with van der Waals surface area (Å²) in [5.74, 6) is 0. The highest BCUT2D eigenvalue weighted by Crippen LogP contribution is 2.23. The Morgan fingerprint density at radius 1 is 1.50 bits per heavy atom. The van der Waals surface area contributed by atoms with Gasteiger partial charge in [0, 0.05) is 4.47 Å². The van der Waals surface area contributed by atoms with Crippen LogP contribution in [0.4, 0.5) is 0 Å². The summed E-state index contributed by atoms with van der Waals surface area (Å²) >= 11 is 9.15. The molecule has 0 saturated carbocycles. The van der Waals surface area contributed by atoms with Crippen LogP contribution in [0.15, 0.2) is 22.7 Å². The molecule has 0 aliphatic rings. The quantitative estimate of drug-likeness (QED) is 0.676. The molecule has 2 heteroatoms. The van der Waals surface area contributed by atoms with Crippen molar-refractivity contribution in [2.75, 3.05) is 0 Å². The second-order valence-corrected chi connectivity index (χ2v) is 3.36. The molecule has 1 aromatic rings. The smallest absolute Gasteiger partial charge is 0.0548 e. The van der Waals surface area contributed by atoms with Crippen LogP contribution in [0.2, 0.25) is 5.02 Å². The summed E-state index contributed by atoms with van der Waals surface area (Å²) in [6.07, 6.45) is 1.05. The molecule has 0 aromatic heterocycles. The van der Waals surface area contributed by atoms with Crippen LogP contribution in [-0.4, -0.2) is 0 Å². The highest BCUT2D eigenvalue weighted by molar-refractivity contribution is 9.10. The molecule has 0 fully saturated rings. The molecule has 1 aromatic carbocycles. The van der Waals surface area contributed by atoms with Gasteiger partial charge < -0.3 is 0 Å². The third kappa shape index (κ3) is 1.74.